The number of aliphatic hydroxyl groups excluding tert-OH is 1. The number of carbonyl (C=O) groups is 2. The van der Waals surface area contributed by atoms with E-state index in [0.717, 1.165) is 43.9 Å². The lowest BCUT2D eigenvalue weighted by Crippen LogP contribution is -2.57. The summed E-state index contributed by atoms with van der Waals surface area (Å²) in [5.41, 5.74) is 9.70. The van der Waals surface area contributed by atoms with Gasteiger partial charge in [-0.3, -0.25) is 19.4 Å². The number of aromatic hydroxyl groups is 1. The molecular weight excluding hydrogens is 570 g/mol. The number of rotatable bonds is 8. The van der Waals surface area contributed by atoms with Crippen molar-refractivity contribution in [3.05, 3.63) is 60.2 Å². The summed E-state index contributed by atoms with van der Waals surface area (Å²) < 4.78 is 0. The summed E-state index contributed by atoms with van der Waals surface area (Å²) >= 11 is 0. The molecule has 2 amide bonds. The molecule has 2 aliphatic rings. The number of hydrogen-bond donors (Lipinski definition) is 4. The SMILES string of the molecule is C[C@@H]1C[C@@H](O)CN1C(=O)[C@@H](NC(=O)CN1CCN(Cc2ccc(-c3cc(-c4ccccc4O)nnc3N)cc2)CC1)C(C)(C)C. The summed E-state index contributed by atoms with van der Waals surface area (Å²) in [5, 5.41) is 31.6. The van der Waals surface area contributed by atoms with Crippen LogP contribution in [0.5, 0.6) is 5.75 Å². The number of amides is 2. The average Bonchev–Trinajstić information content (AvgIpc) is 3.34. The third-order valence-electron chi connectivity index (χ3n) is 8.76. The highest BCUT2D eigenvalue weighted by atomic mass is 16.3. The maximum Gasteiger partial charge on any atom is 0.246 e. The minimum Gasteiger partial charge on any atom is -0.507 e. The number of likely N-dealkylation sites (tertiary alicyclic amines) is 1. The Bertz CT molecular complexity index is 1500. The number of hydrogen-bond acceptors (Lipinski definition) is 9. The van der Waals surface area contributed by atoms with Crippen LogP contribution in [0.1, 0.15) is 39.7 Å². The van der Waals surface area contributed by atoms with Gasteiger partial charge in [-0.15, -0.1) is 10.2 Å². The van der Waals surface area contributed by atoms with Gasteiger partial charge in [-0.25, -0.2) is 0 Å². The minimum absolute atomic E-state index is 0.0489. The molecule has 2 fully saturated rings. The van der Waals surface area contributed by atoms with Gasteiger partial charge in [0, 0.05) is 56.4 Å². The lowest BCUT2D eigenvalue weighted by Gasteiger charge is -2.37. The molecule has 3 aromatic rings. The highest BCUT2D eigenvalue weighted by molar-refractivity contribution is 5.89. The Morgan fingerprint density at radius 3 is 2.29 bits per heavy atom. The van der Waals surface area contributed by atoms with Crippen molar-refractivity contribution in [3.8, 4) is 28.1 Å². The molecule has 1 aromatic heterocycles. The zero-order chi connectivity index (χ0) is 32.3. The van der Waals surface area contributed by atoms with E-state index >= 15 is 0 Å². The van der Waals surface area contributed by atoms with E-state index in [9.17, 15) is 19.8 Å². The van der Waals surface area contributed by atoms with E-state index in [0.29, 0.717) is 30.0 Å². The van der Waals surface area contributed by atoms with E-state index in [1.165, 1.54) is 5.56 Å². The van der Waals surface area contributed by atoms with E-state index in [1.807, 2.05) is 52.0 Å². The van der Waals surface area contributed by atoms with Crippen LogP contribution in [-0.4, -0.2) is 104 Å². The topological polar surface area (TPSA) is 148 Å². The molecule has 0 unspecified atom stereocenters. The second-order valence-electron chi connectivity index (χ2n) is 13.4. The maximum atomic E-state index is 13.4. The van der Waals surface area contributed by atoms with Crippen molar-refractivity contribution in [2.45, 2.75) is 58.8 Å². The number of piperazine rings is 1. The fourth-order valence-electron chi connectivity index (χ4n) is 6.14. The number of aromatic nitrogens is 2. The molecule has 2 aromatic carbocycles. The van der Waals surface area contributed by atoms with Gasteiger partial charge in [-0.2, -0.15) is 0 Å². The Morgan fingerprint density at radius 2 is 1.67 bits per heavy atom. The summed E-state index contributed by atoms with van der Waals surface area (Å²) in [6.07, 6.45) is 0.0418. The summed E-state index contributed by atoms with van der Waals surface area (Å²) in [6.45, 7) is 12.3. The zero-order valence-electron chi connectivity index (χ0n) is 26.6. The number of phenolic OH excluding ortho intramolecular Hbond substituents is 1. The number of nitrogens with zero attached hydrogens (tertiary/aromatic N) is 5. The van der Waals surface area contributed by atoms with E-state index < -0.39 is 17.6 Å². The van der Waals surface area contributed by atoms with E-state index in [2.05, 4.69) is 37.4 Å². The number of phenols is 1. The molecule has 5 N–H and O–H groups in total. The van der Waals surface area contributed by atoms with Crippen LogP contribution in [0.3, 0.4) is 0 Å². The molecule has 45 heavy (non-hydrogen) atoms. The standard InChI is InChI=1S/C34H45N7O4/c1-22-17-25(42)20-41(22)33(45)31(34(2,3)4)36-30(44)21-40-15-13-39(14-16-40)19-23-9-11-24(12-10-23)27-18-28(37-38-32(27)35)26-7-5-6-8-29(26)43/h5-12,18,22,25,31,42-43H,13-17,19-21H2,1-4H3,(H2,35,38)(H,36,44)/t22-,25-,31-/m1/s1. The number of carbonyl (C=O) groups excluding carboxylic acids is 2. The smallest absolute Gasteiger partial charge is 0.246 e. The molecule has 2 aliphatic heterocycles. The van der Waals surface area contributed by atoms with Gasteiger partial charge in [-0.1, -0.05) is 57.2 Å². The lowest BCUT2D eigenvalue weighted by molar-refractivity contribution is -0.140. The number of nitrogen functional groups attached to an aromatic ring is 1. The summed E-state index contributed by atoms with van der Waals surface area (Å²) in [7, 11) is 0. The fourth-order valence-corrected chi connectivity index (χ4v) is 6.14. The van der Waals surface area contributed by atoms with Crippen LogP contribution in [0.15, 0.2) is 54.6 Å². The third kappa shape index (κ3) is 7.78. The first-order chi connectivity index (χ1) is 21.4. The molecule has 0 aliphatic carbocycles. The van der Waals surface area contributed by atoms with Crippen molar-refractivity contribution < 1.29 is 19.8 Å². The predicted octanol–water partition coefficient (Wildman–Crippen LogP) is 2.73. The first-order valence-corrected chi connectivity index (χ1v) is 15.6. The van der Waals surface area contributed by atoms with Crippen molar-refractivity contribution in [2.75, 3.05) is 45.0 Å². The van der Waals surface area contributed by atoms with Crippen molar-refractivity contribution >= 4 is 17.6 Å². The Morgan fingerprint density at radius 1 is 1.00 bits per heavy atom. The van der Waals surface area contributed by atoms with E-state index in [-0.39, 0.29) is 30.2 Å². The molecule has 3 heterocycles. The van der Waals surface area contributed by atoms with Crippen molar-refractivity contribution in [1.29, 1.82) is 0 Å². The monoisotopic (exact) mass is 615 g/mol. The quantitative estimate of drug-likeness (QED) is 0.300. The van der Waals surface area contributed by atoms with Crippen LogP contribution in [0.2, 0.25) is 0 Å². The second-order valence-corrected chi connectivity index (χ2v) is 13.4. The molecular formula is C34H45N7O4. The largest absolute Gasteiger partial charge is 0.507 e. The van der Waals surface area contributed by atoms with E-state index in [4.69, 9.17) is 5.73 Å². The summed E-state index contributed by atoms with van der Waals surface area (Å²) in [5.74, 6) is 0.172. The molecule has 11 nitrogen and oxygen atoms in total. The second kappa shape index (κ2) is 13.5. The first kappa shape index (κ1) is 32.3. The molecule has 0 radical (unpaired) electrons. The number of aliphatic hydroxyl groups is 1. The summed E-state index contributed by atoms with van der Waals surface area (Å²) in [6, 6.07) is 16.4. The van der Waals surface area contributed by atoms with E-state index in [1.54, 1.807) is 23.1 Å². The average molecular weight is 616 g/mol. The molecule has 11 heteroatoms. The number of nitrogens with one attached hydrogen (secondary N) is 1. The Balaban J connectivity index is 1.13. The van der Waals surface area contributed by atoms with Crippen LogP contribution in [0.25, 0.3) is 22.4 Å². The van der Waals surface area contributed by atoms with Gasteiger partial charge in [0.05, 0.1) is 18.3 Å². The zero-order valence-corrected chi connectivity index (χ0v) is 26.6. The Kier molecular flexibility index (Phi) is 9.71. The molecule has 0 spiro atoms. The van der Waals surface area contributed by atoms with Gasteiger partial charge in [0.1, 0.15) is 11.8 Å². The van der Waals surface area contributed by atoms with Gasteiger partial charge in [0.2, 0.25) is 11.8 Å². The number of benzene rings is 2. The van der Waals surface area contributed by atoms with Gasteiger partial charge >= 0.3 is 0 Å². The normalized spacial score (nSPS) is 20.2. The summed E-state index contributed by atoms with van der Waals surface area (Å²) in [4.78, 5) is 32.6. The van der Waals surface area contributed by atoms with Crippen LogP contribution < -0.4 is 11.1 Å². The minimum atomic E-state index is -0.655. The van der Waals surface area contributed by atoms with Gasteiger partial charge in [0.15, 0.2) is 5.82 Å². The molecule has 2 saturated heterocycles. The predicted molar refractivity (Wildman–Crippen MR) is 174 cm³/mol. The number of para-hydroxylation sites is 1. The van der Waals surface area contributed by atoms with Gasteiger partial charge in [-0.05, 0) is 48.1 Å². The Hall–Kier alpha value is -4.06. The lowest BCUT2D eigenvalue weighted by atomic mass is 9.85. The Labute approximate surface area is 265 Å². The molecule has 240 valence electrons. The highest BCUT2D eigenvalue weighted by Gasteiger charge is 2.40. The van der Waals surface area contributed by atoms with Crippen LogP contribution in [0.4, 0.5) is 5.82 Å². The third-order valence-corrected chi connectivity index (χ3v) is 8.76. The number of nitrogens with two attached hydrogens (primary N) is 1. The van der Waals surface area contributed by atoms with Crippen molar-refractivity contribution in [2.24, 2.45) is 5.41 Å². The van der Waals surface area contributed by atoms with Crippen molar-refractivity contribution in [1.82, 2.24) is 30.2 Å². The van der Waals surface area contributed by atoms with Gasteiger partial charge < -0.3 is 26.2 Å². The molecule has 0 bridgehead atoms. The fraction of sp³-hybridized carbons (Fsp3) is 0.471. The molecule has 0 saturated carbocycles. The van der Waals surface area contributed by atoms with Crippen LogP contribution in [-0.2, 0) is 16.1 Å². The number of anilines is 1. The maximum absolute atomic E-state index is 13.4. The molecule has 3 atom stereocenters. The molecule has 5 rings (SSSR count). The van der Waals surface area contributed by atoms with Crippen LogP contribution >= 0.6 is 0 Å². The van der Waals surface area contributed by atoms with Gasteiger partial charge in [0.25, 0.3) is 0 Å². The van der Waals surface area contributed by atoms with Crippen molar-refractivity contribution in [3.63, 3.8) is 0 Å². The number of β-amino-alcohol motifs (C(OH)–C–C–N with tert-alkyl or cyclic N) is 1. The highest BCUT2D eigenvalue weighted by Crippen LogP contribution is 2.32. The van der Waals surface area contributed by atoms with Crippen LogP contribution in [0, 0.1) is 5.41 Å². The first-order valence-electron chi connectivity index (χ1n) is 15.6.